The van der Waals surface area contributed by atoms with E-state index in [1.165, 1.54) is 0 Å². The summed E-state index contributed by atoms with van der Waals surface area (Å²) in [6.07, 6.45) is 1.96. The third-order valence-electron chi connectivity index (χ3n) is 2.80. The van der Waals surface area contributed by atoms with E-state index in [0.717, 1.165) is 25.0 Å². The van der Waals surface area contributed by atoms with Crippen molar-refractivity contribution >= 4 is 5.69 Å². The number of benzene rings is 1. The number of nitrogens with two attached hydrogens (primary N) is 1. The number of hydrogen-bond acceptors (Lipinski definition) is 5. The molecule has 2 aromatic rings. The van der Waals surface area contributed by atoms with Crippen molar-refractivity contribution in [1.82, 2.24) is 10.2 Å². The molecule has 17 heavy (non-hydrogen) atoms. The molecule has 0 radical (unpaired) electrons. The maximum Gasteiger partial charge on any atom is 0.247 e. The van der Waals surface area contributed by atoms with E-state index in [0.29, 0.717) is 17.5 Å². The van der Waals surface area contributed by atoms with Crippen molar-refractivity contribution < 1.29 is 9.15 Å². The van der Waals surface area contributed by atoms with Gasteiger partial charge in [-0.15, -0.1) is 10.2 Å². The van der Waals surface area contributed by atoms with Crippen molar-refractivity contribution in [2.45, 2.75) is 18.9 Å². The van der Waals surface area contributed by atoms with Gasteiger partial charge in [-0.2, -0.15) is 0 Å². The minimum Gasteiger partial charge on any atom is -0.418 e. The summed E-state index contributed by atoms with van der Waals surface area (Å²) in [5.41, 5.74) is 7.21. The van der Waals surface area contributed by atoms with Gasteiger partial charge in [0.15, 0.2) is 0 Å². The van der Waals surface area contributed by atoms with Crippen LogP contribution in [0.5, 0.6) is 0 Å². The molecule has 88 valence electrons. The lowest BCUT2D eigenvalue weighted by atomic mass is 10.2. The first-order valence-electron chi connectivity index (χ1n) is 5.64. The van der Waals surface area contributed by atoms with Crippen LogP contribution in [0.15, 0.2) is 28.7 Å². The molecule has 2 heterocycles. The largest absolute Gasteiger partial charge is 0.418 e. The topological polar surface area (TPSA) is 74.2 Å². The number of anilines is 1. The Morgan fingerprint density at radius 2 is 2.00 bits per heavy atom. The SMILES string of the molecule is Nc1ccc(-c2nnc(C3CCCO3)o2)cc1. The Hall–Kier alpha value is -1.88. The second kappa shape index (κ2) is 4.18. The number of hydrogen-bond donors (Lipinski definition) is 1. The fourth-order valence-corrected chi connectivity index (χ4v) is 1.88. The third-order valence-corrected chi connectivity index (χ3v) is 2.80. The van der Waals surface area contributed by atoms with Gasteiger partial charge in [0.2, 0.25) is 11.8 Å². The third kappa shape index (κ3) is 2.01. The Bertz CT molecular complexity index is 501. The highest BCUT2D eigenvalue weighted by Gasteiger charge is 2.23. The van der Waals surface area contributed by atoms with E-state index in [1.807, 2.05) is 24.3 Å². The van der Waals surface area contributed by atoms with Gasteiger partial charge in [0.05, 0.1) is 0 Å². The summed E-state index contributed by atoms with van der Waals surface area (Å²) in [5.74, 6) is 1.07. The fourth-order valence-electron chi connectivity index (χ4n) is 1.88. The fraction of sp³-hybridized carbons (Fsp3) is 0.333. The molecule has 1 aliphatic heterocycles. The normalized spacial score (nSPS) is 19.6. The van der Waals surface area contributed by atoms with Crippen molar-refractivity contribution in [3.63, 3.8) is 0 Å². The van der Waals surface area contributed by atoms with Crippen molar-refractivity contribution in [2.24, 2.45) is 0 Å². The first-order valence-corrected chi connectivity index (χ1v) is 5.64. The van der Waals surface area contributed by atoms with Gasteiger partial charge < -0.3 is 14.9 Å². The van der Waals surface area contributed by atoms with Gasteiger partial charge in [-0.3, -0.25) is 0 Å². The Kier molecular flexibility index (Phi) is 2.53. The van der Waals surface area contributed by atoms with Crippen molar-refractivity contribution in [2.75, 3.05) is 12.3 Å². The predicted octanol–water partition coefficient (Wildman–Crippen LogP) is 2.17. The predicted molar refractivity (Wildman–Crippen MR) is 62.1 cm³/mol. The first-order chi connectivity index (χ1) is 8.33. The number of ether oxygens (including phenoxy) is 1. The molecule has 1 saturated heterocycles. The monoisotopic (exact) mass is 231 g/mol. The molecule has 0 spiro atoms. The lowest BCUT2D eigenvalue weighted by Crippen LogP contribution is -1.95. The van der Waals surface area contributed by atoms with Crippen LogP contribution in [-0.2, 0) is 4.74 Å². The van der Waals surface area contributed by atoms with Gasteiger partial charge in [0.1, 0.15) is 6.10 Å². The van der Waals surface area contributed by atoms with Crippen LogP contribution in [0.3, 0.4) is 0 Å². The Labute approximate surface area is 98.6 Å². The van der Waals surface area contributed by atoms with Gasteiger partial charge in [-0.25, -0.2) is 0 Å². The Balaban J connectivity index is 1.86. The average Bonchev–Trinajstić information content (AvgIpc) is 3.00. The maximum absolute atomic E-state index is 5.62. The Morgan fingerprint density at radius 1 is 1.18 bits per heavy atom. The molecule has 2 N–H and O–H groups in total. The second-order valence-electron chi connectivity index (χ2n) is 4.07. The summed E-state index contributed by atoms with van der Waals surface area (Å²) in [6.45, 7) is 0.768. The highest BCUT2D eigenvalue weighted by Crippen LogP contribution is 2.29. The summed E-state index contributed by atoms with van der Waals surface area (Å²) in [7, 11) is 0. The molecule has 1 aromatic carbocycles. The van der Waals surface area contributed by atoms with Crippen LogP contribution < -0.4 is 5.73 Å². The molecule has 3 rings (SSSR count). The zero-order chi connectivity index (χ0) is 11.7. The van der Waals surface area contributed by atoms with E-state index < -0.39 is 0 Å². The number of nitrogen functional groups attached to an aromatic ring is 1. The second-order valence-corrected chi connectivity index (χ2v) is 4.07. The van der Waals surface area contributed by atoms with Gasteiger partial charge in [-0.1, -0.05) is 0 Å². The molecule has 0 saturated carbocycles. The quantitative estimate of drug-likeness (QED) is 0.802. The molecule has 5 nitrogen and oxygen atoms in total. The zero-order valence-electron chi connectivity index (χ0n) is 9.30. The molecule has 1 unspecified atom stereocenters. The highest BCUT2D eigenvalue weighted by molar-refractivity contribution is 5.56. The van der Waals surface area contributed by atoms with Gasteiger partial charge in [0, 0.05) is 17.9 Å². The van der Waals surface area contributed by atoms with E-state index in [2.05, 4.69) is 10.2 Å². The molecule has 1 aliphatic rings. The molecule has 5 heteroatoms. The standard InChI is InChI=1S/C12H13N3O2/c13-9-5-3-8(4-6-9)11-14-15-12(17-11)10-2-1-7-16-10/h3-6,10H,1-2,7,13H2. The van der Waals surface area contributed by atoms with E-state index in [1.54, 1.807) is 0 Å². The van der Waals surface area contributed by atoms with Crippen LogP contribution in [0.4, 0.5) is 5.69 Å². The average molecular weight is 231 g/mol. The van der Waals surface area contributed by atoms with Gasteiger partial charge >= 0.3 is 0 Å². The lowest BCUT2D eigenvalue weighted by Gasteiger charge is -2.01. The van der Waals surface area contributed by atoms with E-state index >= 15 is 0 Å². The summed E-state index contributed by atoms with van der Waals surface area (Å²) in [5, 5.41) is 8.05. The molecule has 1 fully saturated rings. The molecule has 0 bridgehead atoms. The number of rotatable bonds is 2. The van der Waals surface area contributed by atoms with Crippen LogP contribution in [0, 0.1) is 0 Å². The summed E-state index contributed by atoms with van der Waals surface area (Å²) >= 11 is 0. The van der Waals surface area contributed by atoms with Crippen molar-refractivity contribution in [1.29, 1.82) is 0 Å². The molecule has 0 aliphatic carbocycles. The molecular weight excluding hydrogens is 218 g/mol. The molecule has 1 atom stereocenters. The summed E-state index contributed by atoms with van der Waals surface area (Å²) < 4.78 is 11.1. The van der Waals surface area contributed by atoms with Crippen LogP contribution in [0.2, 0.25) is 0 Å². The number of nitrogens with zero attached hydrogens (tertiary/aromatic N) is 2. The zero-order valence-corrected chi connectivity index (χ0v) is 9.30. The van der Waals surface area contributed by atoms with E-state index in [9.17, 15) is 0 Å². The molecular formula is C12H13N3O2. The highest BCUT2D eigenvalue weighted by atomic mass is 16.5. The minimum atomic E-state index is -0.0370. The molecule has 0 amide bonds. The van der Waals surface area contributed by atoms with Crippen LogP contribution in [-0.4, -0.2) is 16.8 Å². The smallest absolute Gasteiger partial charge is 0.247 e. The lowest BCUT2D eigenvalue weighted by molar-refractivity contribution is 0.0896. The van der Waals surface area contributed by atoms with Gasteiger partial charge in [0.25, 0.3) is 0 Å². The number of aromatic nitrogens is 2. The summed E-state index contributed by atoms with van der Waals surface area (Å²) in [4.78, 5) is 0. The van der Waals surface area contributed by atoms with Crippen LogP contribution in [0.25, 0.3) is 11.5 Å². The maximum atomic E-state index is 5.62. The summed E-state index contributed by atoms with van der Waals surface area (Å²) in [6, 6.07) is 7.35. The Morgan fingerprint density at radius 3 is 2.71 bits per heavy atom. The first kappa shape index (κ1) is 10.3. The minimum absolute atomic E-state index is 0.0370. The van der Waals surface area contributed by atoms with Crippen LogP contribution >= 0.6 is 0 Å². The van der Waals surface area contributed by atoms with Crippen LogP contribution in [0.1, 0.15) is 24.8 Å². The van der Waals surface area contributed by atoms with Gasteiger partial charge in [-0.05, 0) is 37.1 Å². The van der Waals surface area contributed by atoms with Crippen molar-refractivity contribution in [3.8, 4) is 11.5 Å². The van der Waals surface area contributed by atoms with E-state index in [4.69, 9.17) is 14.9 Å². The van der Waals surface area contributed by atoms with Crippen molar-refractivity contribution in [3.05, 3.63) is 30.2 Å². The molecule has 1 aromatic heterocycles. The van der Waals surface area contributed by atoms with E-state index in [-0.39, 0.29) is 6.10 Å².